The highest BCUT2D eigenvalue weighted by Crippen LogP contribution is 2.22. The minimum Gasteiger partial charge on any atom is -0.315 e. The smallest absolute Gasteiger partial charge is 0.0414 e. The van der Waals surface area contributed by atoms with E-state index in [-0.39, 0.29) is 0 Å². The normalized spacial score (nSPS) is 23.9. The van der Waals surface area contributed by atoms with Gasteiger partial charge in [-0.25, -0.2) is 0 Å². The summed E-state index contributed by atoms with van der Waals surface area (Å²) >= 11 is 1.86. The maximum absolute atomic E-state index is 3.72. The van der Waals surface area contributed by atoms with Crippen LogP contribution in [0.15, 0.2) is 17.5 Å². The summed E-state index contributed by atoms with van der Waals surface area (Å²) in [7, 11) is 0. The van der Waals surface area contributed by atoms with Gasteiger partial charge < -0.3 is 10.6 Å². The first-order chi connectivity index (χ1) is 6.90. The molecule has 14 heavy (non-hydrogen) atoms. The molecule has 1 aromatic heterocycles. The zero-order valence-corrected chi connectivity index (χ0v) is 9.44. The first kappa shape index (κ1) is 10.1. The molecule has 2 nitrogen and oxygen atoms in total. The second-order valence-electron chi connectivity index (χ2n) is 3.83. The van der Waals surface area contributed by atoms with Crippen LogP contribution in [0.3, 0.4) is 0 Å². The van der Waals surface area contributed by atoms with Gasteiger partial charge in [0.2, 0.25) is 0 Å². The summed E-state index contributed by atoms with van der Waals surface area (Å²) in [6.45, 7) is 4.54. The van der Waals surface area contributed by atoms with Gasteiger partial charge in [-0.15, -0.1) is 11.3 Å². The van der Waals surface area contributed by atoms with Crippen molar-refractivity contribution >= 4 is 11.3 Å². The van der Waals surface area contributed by atoms with E-state index in [1.807, 2.05) is 11.3 Å². The number of hydrogen-bond donors (Lipinski definition) is 2. The number of hydrogen-bond acceptors (Lipinski definition) is 3. The van der Waals surface area contributed by atoms with Crippen molar-refractivity contribution in [2.45, 2.75) is 31.8 Å². The first-order valence-corrected chi connectivity index (χ1v) is 6.28. The molecule has 2 heterocycles. The molecular formula is C11H18N2S. The Bertz CT molecular complexity index is 252. The van der Waals surface area contributed by atoms with Crippen LogP contribution in [0, 0.1) is 0 Å². The fourth-order valence-corrected chi connectivity index (χ4v) is 2.84. The zero-order valence-electron chi connectivity index (χ0n) is 8.62. The molecule has 2 N–H and O–H groups in total. The molecular weight excluding hydrogens is 192 g/mol. The second kappa shape index (κ2) is 4.91. The highest BCUT2D eigenvalue weighted by Gasteiger charge is 2.18. The van der Waals surface area contributed by atoms with E-state index in [9.17, 15) is 0 Å². The summed E-state index contributed by atoms with van der Waals surface area (Å²) in [5.74, 6) is 0. The molecule has 1 aliphatic heterocycles. The lowest BCUT2D eigenvalue weighted by molar-refractivity contribution is 0.449. The molecule has 1 fully saturated rings. The second-order valence-corrected chi connectivity index (χ2v) is 4.81. The van der Waals surface area contributed by atoms with Gasteiger partial charge in [0.1, 0.15) is 0 Å². The highest BCUT2D eigenvalue weighted by atomic mass is 32.1. The molecule has 3 heteroatoms. The third-order valence-corrected chi connectivity index (χ3v) is 3.78. The van der Waals surface area contributed by atoms with Crippen molar-refractivity contribution in [1.29, 1.82) is 0 Å². The van der Waals surface area contributed by atoms with Gasteiger partial charge in [-0.2, -0.15) is 0 Å². The summed E-state index contributed by atoms with van der Waals surface area (Å²) in [6.07, 6.45) is 2.44. The molecule has 0 saturated carbocycles. The van der Waals surface area contributed by atoms with Gasteiger partial charge in [-0.3, -0.25) is 0 Å². The van der Waals surface area contributed by atoms with Crippen LogP contribution < -0.4 is 10.6 Å². The molecule has 2 rings (SSSR count). The van der Waals surface area contributed by atoms with Crippen LogP contribution >= 0.6 is 11.3 Å². The van der Waals surface area contributed by atoms with Crippen molar-refractivity contribution < 1.29 is 0 Å². The van der Waals surface area contributed by atoms with E-state index in [1.165, 1.54) is 24.3 Å². The summed E-state index contributed by atoms with van der Waals surface area (Å²) in [5, 5.41) is 9.26. The average Bonchev–Trinajstić information content (AvgIpc) is 2.86. The van der Waals surface area contributed by atoms with Gasteiger partial charge >= 0.3 is 0 Å². The number of rotatable bonds is 4. The van der Waals surface area contributed by atoms with E-state index in [4.69, 9.17) is 0 Å². The van der Waals surface area contributed by atoms with Gasteiger partial charge in [0.25, 0.3) is 0 Å². The predicted octanol–water partition coefficient (Wildman–Crippen LogP) is 2.15. The van der Waals surface area contributed by atoms with Crippen molar-refractivity contribution in [2.75, 3.05) is 13.1 Å². The Kier molecular flexibility index (Phi) is 3.56. The monoisotopic (exact) mass is 210 g/mol. The summed E-state index contributed by atoms with van der Waals surface area (Å²) in [5.41, 5.74) is 0. The van der Waals surface area contributed by atoms with Gasteiger partial charge in [0.15, 0.2) is 0 Å². The van der Waals surface area contributed by atoms with Crippen LogP contribution in [-0.2, 0) is 0 Å². The van der Waals surface area contributed by atoms with Crippen molar-refractivity contribution in [1.82, 2.24) is 10.6 Å². The minimum absolute atomic E-state index is 0.555. The fraction of sp³-hybridized carbons (Fsp3) is 0.636. The summed E-state index contributed by atoms with van der Waals surface area (Å²) in [4.78, 5) is 1.47. The molecule has 1 aliphatic rings. The third kappa shape index (κ3) is 2.35. The lowest BCUT2D eigenvalue weighted by Gasteiger charge is -2.20. The van der Waals surface area contributed by atoms with Crippen molar-refractivity contribution in [3.05, 3.63) is 22.4 Å². The van der Waals surface area contributed by atoms with Crippen molar-refractivity contribution in [2.24, 2.45) is 0 Å². The first-order valence-electron chi connectivity index (χ1n) is 5.40. The Morgan fingerprint density at radius 1 is 1.71 bits per heavy atom. The third-order valence-electron chi connectivity index (χ3n) is 2.79. The molecule has 0 spiro atoms. The molecule has 0 bridgehead atoms. The average molecular weight is 210 g/mol. The molecule has 0 aromatic carbocycles. The Labute approximate surface area is 89.7 Å². The number of nitrogens with one attached hydrogen (secondary N) is 2. The van der Waals surface area contributed by atoms with Gasteiger partial charge in [0, 0.05) is 23.5 Å². The SMILES string of the molecule is CCC(NC1CCNC1)c1cccs1. The number of thiophene rings is 1. The molecule has 0 radical (unpaired) electrons. The van der Waals surface area contributed by atoms with E-state index in [1.54, 1.807) is 0 Å². The highest BCUT2D eigenvalue weighted by molar-refractivity contribution is 7.10. The summed E-state index contributed by atoms with van der Waals surface area (Å²) < 4.78 is 0. The minimum atomic E-state index is 0.555. The standard InChI is InChI=1S/C11H18N2S/c1-2-10(11-4-3-7-14-11)13-9-5-6-12-8-9/h3-4,7,9-10,12-13H,2,5-6,8H2,1H3. The van der Waals surface area contributed by atoms with Gasteiger partial charge in [-0.1, -0.05) is 13.0 Å². The van der Waals surface area contributed by atoms with E-state index in [0.29, 0.717) is 12.1 Å². The maximum Gasteiger partial charge on any atom is 0.0414 e. The zero-order chi connectivity index (χ0) is 9.80. The van der Waals surface area contributed by atoms with E-state index < -0.39 is 0 Å². The maximum atomic E-state index is 3.72. The molecule has 1 saturated heterocycles. The van der Waals surface area contributed by atoms with Gasteiger partial charge in [-0.05, 0) is 30.8 Å². The van der Waals surface area contributed by atoms with Crippen molar-refractivity contribution in [3.63, 3.8) is 0 Å². The van der Waals surface area contributed by atoms with Crippen LogP contribution in [-0.4, -0.2) is 19.1 Å². The predicted molar refractivity (Wildman–Crippen MR) is 61.8 cm³/mol. The van der Waals surface area contributed by atoms with Crippen LogP contribution in [0.1, 0.15) is 30.7 Å². The molecule has 2 unspecified atom stereocenters. The van der Waals surface area contributed by atoms with Crippen molar-refractivity contribution in [3.8, 4) is 0 Å². The molecule has 1 aromatic rings. The Morgan fingerprint density at radius 3 is 3.21 bits per heavy atom. The quantitative estimate of drug-likeness (QED) is 0.795. The summed E-state index contributed by atoms with van der Waals surface area (Å²) in [6, 6.07) is 5.59. The van der Waals surface area contributed by atoms with E-state index in [0.717, 1.165) is 6.54 Å². The molecule has 2 atom stereocenters. The topological polar surface area (TPSA) is 24.1 Å². The van der Waals surface area contributed by atoms with Crippen LogP contribution in [0.25, 0.3) is 0 Å². The van der Waals surface area contributed by atoms with Crippen LogP contribution in [0.4, 0.5) is 0 Å². The lowest BCUT2D eigenvalue weighted by Crippen LogP contribution is -2.33. The van der Waals surface area contributed by atoms with Gasteiger partial charge in [0.05, 0.1) is 0 Å². The van der Waals surface area contributed by atoms with E-state index in [2.05, 4.69) is 35.1 Å². The van der Waals surface area contributed by atoms with E-state index >= 15 is 0 Å². The molecule has 0 amide bonds. The fourth-order valence-electron chi connectivity index (χ4n) is 1.97. The molecule has 0 aliphatic carbocycles. The van der Waals surface area contributed by atoms with Crippen LogP contribution in [0.5, 0.6) is 0 Å². The molecule has 78 valence electrons. The Morgan fingerprint density at radius 2 is 2.64 bits per heavy atom. The largest absolute Gasteiger partial charge is 0.315 e. The Balaban J connectivity index is 1.93. The lowest BCUT2D eigenvalue weighted by atomic mass is 10.1. The Hall–Kier alpha value is -0.380. The van der Waals surface area contributed by atoms with Crippen LogP contribution in [0.2, 0.25) is 0 Å².